The highest BCUT2D eigenvalue weighted by Gasteiger charge is 2.10. The van der Waals surface area contributed by atoms with E-state index in [4.69, 9.17) is 4.74 Å². The van der Waals surface area contributed by atoms with E-state index in [0.29, 0.717) is 0 Å². The number of hydrogen-bond donors (Lipinski definition) is 1. The smallest absolute Gasteiger partial charge is 0.126 e. The molecule has 0 saturated heterocycles. The third-order valence-electron chi connectivity index (χ3n) is 2.92. The molecule has 0 atom stereocenters. The van der Waals surface area contributed by atoms with Crippen LogP contribution in [0.4, 0.5) is 0 Å². The Kier molecular flexibility index (Phi) is 4.97. The Bertz CT molecular complexity index is 425. The molecule has 0 aromatic heterocycles. The molecule has 100 valence electrons. The van der Waals surface area contributed by atoms with E-state index in [1.807, 2.05) is 19.9 Å². The Morgan fingerprint density at radius 3 is 2.50 bits per heavy atom. The summed E-state index contributed by atoms with van der Waals surface area (Å²) in [5.74, 6) is 0.909. The van der Waals surface area contributed by atoms with E-state index in [2.05, 4.69) is 32.1 Å². The lowest BCUT2D eigenvalue weighted by Crippen LogP contribution is -2.17. The number of rotatable bonds is 5. The Morgan fingerprint density at radius 2 is 1.94 bits per heavy atom. The Hall–Kier alpha value is -1.28. The number of benzene rings is 1. The standard InChI is InChI=1S/C16H24O2/c1-12-10-13(2)14(15(11-12)18-5)8-6-7-9-16(3,4)17/h6,8,10-11,17H,7,9H2,1-5H3/b8-6+. The van der Waals surface area contributed by atoms with Crippen LogP contribution in [0, 0.1) is 13.8 Å². The zero-order chi connectivity index (χ0) is 13.8. The molecule has 0 fully saturated rings. The molecule has 1 aromatic rings. The molecular weight excluding hydrogens is 224 g/mol. The first-order chi connectivity index (χ1) is 8.33. The molecule has 0 amide bonds. The molecular formula is C16H24O2. The average molecular weight is 248 g/mol. The van der Waals surface area contributed by atoms with Crippen LogP contribution < -0.4 is 4.74 Å². The summed E-state index contributed by atoms with van der Waals surface area (Å²) in [6.07, 6.45) is 5.80. The summed E-state index contributed by atoms with van der Waals surface area (Å²) in [6.45, 7) is 7.82. The SMILES string of the molecule is COc1cc(C)cc(C)c1/C=C/CCC(C)(C)O. The number of aliphatic hydroxyl groups is 1. The Labute approximate surface area is 110 Å². The summed E-state index contributed by atoms with van der Waals surface area (Å²) in [5, 5.41) is 9.65. The van der Waals surface area contributed by atoms with Crippen molar-refractivity contribution >= 4 is 6.08 Å². The van der Waals surface area contributed by atoms with Gasteiger partial charge in [-0.2, -0.15) is 0 Å². The van der Waals surface area contributed by atoms with E-state index >= 15 is 0 Å². The molecule has 1 N–H and O–H groups in total. The largest absolute Gasteiger partial charge is 0.496 e. The molecule has 0 aliphatic rings. The number of ether oxygens (including phenoxy) is 1. The fourth-order valence-electron chi connectivity index (χ4n) is 1.96. The third-order valence-corrected chi connectivity index (χ3v) is 2.92. The minimum atomic E-state index is -0.600. The summed E-state index contributed by atoms with van der Waals surface area (Å²) in [7, 11) is 1.70. The van der Waals surface area contributed by atoms with Gasteiger partial charge in [0.05, 0.1) is 12.7 Å². The van der Waals surface area contributed by atoms with Gasteiger partial charge in [0.1, 0.15) is 5.75 Å². The van der Waals surface area contributed by atoms with Gasteiger partial charge < -0.3 is 9.84 Å². The average Bonchev–Trinajstić information content (AvgIpc) is 2.24. The van der Waals surface area contributed by atoms with Gasteiger partial charge in [-0.15, -0.1) is 0 Å². The van der Waals surface area contributed by atoms with Gasteiger partial charge in [0.25, 0.3) is 0 Å². The summed E-state index contributed by atoms with van der Waals surface area (Å²) in [4.78, 5) is 0. The van der Waals surface area contributed by atoms with Crippen molar-refractivity contribution in [1.29, 1.82) is 0 Å². The van der Waals surface area contributed by atoms with Gasteiger partial charge in [0, 0.05) is 5.56 Å². The molecule has 0 unspecified atom stereocenters. The first kappa shape index (κ1) is 14.8. The highest BCUT2D eigenvalue weighted by Crippen LogP contribution is 2.26. The fraction of sp³-hybridized carbons (Fsp3) is 0.500. The molecule has 0 heterocycles. The highest BCUT2D eigenvalue weighted by molar-refractivity contribution is 5.62. The molecule has 0 radical (unpaired) electrons. The fourth-order valence-corrected chi connectivity index (χ4v) is 1.96. The number of methoxy groups -OCH3 is 1. The Balaban J connectivity index is 2.81. The van der Waals surface area contributed by atoms with Gasteiger partial charge in [-0.05, 0) is 57.7 Å². The number of aryl methyl sites for hydroxylation is 2. The van der Waals surface area contributed by atoms with Gasteiger partial charge in [0.2, 0.25) is 0 Å². The van der Waals surface area contributed by atoms with Crippen LogP contribution in [-0.2, 0) is 0 Å². The molecule has 0 saturated carbocycles. The second-order valence-electron chi connectivity index (χ2n) is 5.45. The van der Waals surface area contributed by atoms with Crippen LogP contribution >= 0.6 is 0 Å². The highest BCUT2D eigenvalue weighted by atomic mass is 16.5. The van der Waals surface area contributed by atoms with E-state index in [1.165, 1.54) is 11.1 Å². The second-order valence-corrected chi connectivity index (χ2v) is 5.45. The van der Waals surface area contributed by atoms with Gasteiger partial charge >= 0.3 is 0 Å². The van der Waals surface area contributed by atoms with Crippen molar-refractivity contribution in [2.45, 2.75) is 46.1 Å². The van der Waals surface area contributed by atoms with Crippen molar-refractivity contribution in [2.24, 2.45) is 0 Å². The third kappa shape index (κ3) is 4.53. The van der Waals surface area contributed by atoms with Crippen molar-refractivity contribution in [3.8, 4) is 5.75 Å². The van der Waals surface area contributed by atoms with Crippen molar-refractivity contribution < 1.29 is 9.84 Å². The molecule has 2 nitrogen and oxygen atoms in total. The van der Waals surface area contributed by atoms with E-state index < -0.39 is 5.60 Å². The van der Waals surface area contributed by atoms with Gasteiger partial charge in [0.15, 0.2) is 0 Å². The maximum atomic E-state index is 9.65. The lowest BCUT2D eigenvalue weighted by Gasteiger charge is -2.15. The summed E-state index contributed by atoms with van der Waals surface area (Å²) in [5.41, 5.74) is 2.94. The lowest BCUT2D eigenvalue weighted by atomic mass is 10.0. The zero-order valence-electron chi connectivity index (χ0n) is 12.1. The first-order valence-corrected chi connectivity index (χ1v) is 6.37. The van der Waals surface area contributed by atoms with Crippen molar-refractivity contribution in [3.05, 3.63) is 34.9 Å². The predicted molar refractivity (Wildman–Crippen MR) is 77.0 cm³/mol. The molecule has 0 aliphatic carbocycles. The van der Waals surface area contributed by atoms with Crippen LogP contribution in [0.2, 0.25) is 0 Å². The normalized spacial score (nSPS) is 12.1. The quantitative estimate of drug-likeness (QED) is 0.857. The van der Waals surface area contributed by atoms with Crippen LogP contribution in [0.5, 0.6) is 5.75 Å². The topological polar surface area (TPSA) is 29.5 Å². The maximum absolute atomic E-state index is 9.65. The molecule has 2 heteroatoms. The zero-order valence-corrected chi connectivity index (χ0v) is 12.1. The van der Waals surface area contributed by atoms with Crippen molar-refractivity contribution in [1.82, 2.24) is 0 Å². The van der Waals surface area contributed by atoms with E-state index in [1.54, 1.807) is 7.11 Å². The van der Waals surface area contributed by atoms with Crippen LogP contribution in [0.25, 0.3) is 6.08 Å². The molecule has 18 heavy (non-hydrogen) atoms. The number of allylic oxidation sites excluding steroid dienone is 1. The van der Waals surface area contributed by atoms with E-state index in [9.17, 15) is 5.11 Å². The molecule has 0 spiro atoms. The van der Waals surface area contributed by atoms with Gasteiger partial charge in [-0.25, -0.2) is 0 Å². The molecule has 1 rings (SSSR count). The second kappa shape index (κ2) is 6.05. The van der Waals surface area contributed by atoms with Crippen molar-refractivity contribution in [2.75, 3.05) is 7.11 Å². The van der Waals surface area contributed by atoms with Crippen LogP contribution in [-0.4, -0.2) is 17.8 Å². The van der Waals surface area contributed by atoms with Crippen LogP contribution in [0.1, 0.15) is 43.4 Å². The van der Waals surface area contributed by atoms with E-state index in [-0.39, 0.29) is 0 Å². The Morgan fingerprint density at radius 1 is 1.28 bits per heavy atom. The molecule has 1 aromatic carbocycles. The van der Waals surface area contributed by atoms with Crippen LogP contribution in [0.3, 0.4) is 0 Å². The first-order valence-electron chi connectivity index (χ1n) is 6.37. The van der Waals surface area contributed by atoms with Crippen molar-refractivity contribution in [3.63, 3.8) is 0 Å². The van der Waals surface area contributed by atoms with Gasteiger partial charge in [-0.1, -0.05) is 18.2 Å². The van der Waals surface area contributed by atoms with Gasteiger partial charge in [-0.3, -0.25) is 0 Å². The number of hydrogen-bond acceptors (Lipinski definition) is 2. The minimum absolute atomic E-state index is 0.600. The van der Waals surface area contributed by atoms with E-state index in [0.717, 1.165) is 24.2 Å². The maximum Gasteiger partial charge on any atom is 0.126 e. The summed E-state index contributed by atoms with van der Waals surface area (Å²) in [6, 6.07) is 4.20. The molecule has 0 bridgehead atoms. The monoisotopic (exact) mass is 248 g/mol. The molecule has 0 aliphatic heterocycles. The van der Waals surface area contributed by atoms with Crippen LogP contribution in [0.15, 0.2) is 18.2 Å². The lowest BCUT2D eigenvalue weighted by molar-refractivity contribution is 0.0722. The summed E-state index contributed by atoms with van der Waals surface area (Å²) >= 11 is 0. The minimum Gasteiger partial charge on any atom is -0.496 e. The summed E-state index contributed by atoms with van der Waals surface area (Å²) < 4.78 is 5.40. The predicted octanol–water partition coefficient (Wildman–Crippen LogP) is 3.88.